The fraction of sp³-hybridized carbons (Fsp3) is 0.250. The summed E-state index contributed by atoms with van der Waals surface area (Å²) < 4.78 is 48.3. The fourth-order valence-corrected chi connectivity index (χ4v) is 4.05. The number of hydrogen-bond acceptors (Lipinski definition) is 5. The number of carboxylic acids is 1. The van der Waals surface area contributed by atoms with Crippen molar-refractivity contribution in [2.24, 2.45) is 4.99 Å². The number of nitrogens with zero attached hydrogens (tertiary/aromatic N) is 2. The summed E-state index contributed by atoms with van der Waals surface area (Å²) in [4.78, 5) is 28.5. The van der Waals surface area contributed by atoms with E-state index in [1.54, 1.807) is 19.1 Å². The van der Waals surface area contributed by atoms with Crippen LogP contribution in [0, 0.1) is 0 Å². The second-order valence-corrected chi connectivity index (χ2v) is 7.35. The van der Waals surface area contributed by atoms with Crippen LogP contribution < -0.4 is 14.3 Å². The van der Waals surface area contributed by atoms with Gasteiger partial charge in [-0.05, 0) is 48.9 Å². The molecule has 2 aromatic carbocycles. The molecule has 1 atom stereocenters. The molecular formula is C20H17F3N2O5S. The molecule has 1 heterocycles. The van der Waals surface area contributed by atoms with Crippen LogP contribution in [0.5, 0.6) is 11.5 Å². The second kappa shape index (κ2) is 8.80. The number of ether oxygens (including phenoxy) is 2. The Labute approximate surface area is 178 Å². The molecule has 11 heteroatoms. The summed E-state index contributed by atoms with van der Waals surface area (Å²) in [6.45, 7) is 1.64. The number of halogens is 3. The van der Waals surface area contributed by atoms with E-state index in [9.17, 15) is 27.9 Å². The molecular weight excluding hydrogens is 437 g/mol. The van der Waals surface area contributed by atoms with Crippen molar-refractivity contribution < 1.29 is 37.3 Å². The molecule has 0 bridgehead atoms. The Balaban J connectivity index is 2.16. The highest BCUT2D eigenvalue weighted by molar-refractivity contribution is 7.16. The van der Waals surface area contributed by atoms with Gasteiger partial charge in [-0.25, -0.2) is 4.79 Å². The summed E-state index contributed by atoms with van der Waals surface area (Å²) in [6.07, 6.45) is -4.70. The highest BCUT2D eigenvalue weighted by atomic mass is 32.1. The van der Waals surface area contributed by atoms with Gasteiger partial charge in [0.05, 0.1) is 17.3 Å². The van der Waals surface area contributed by atoms with Crippen molar-refractivity contribution in [2.45, 2.75) is 25.7 Å². The lowest BCUT2D eigenvalue weighted by Gasteiger charge is -2.14. The van der Waals surface area contributed by atoms with Gasteiger partial charge in [0.15, 0.2) is 4.80 Å². The summed E-state index contributed by atoms with van der Waals surface area (Å²) >= 11 is 0.896. The van der Waals surface area contributed by atoms with Crippen LogP contribution in [0.3, 0.4) is 0 Å². The van der Waals surface area contributed by atoms with Crippen LogP contribution in [0.2, 0.25) is 0 Å². The SMILES string of the molecule is CCC(C(=O)O)n1c(=NC(=O)c2ccc(OC)cc2)sc2cc(OC(F)(F)F)ccc21. The number of amides is 1. The Kier molecular flexibility index (Phi) is 6.34. The molecule has 3 aromatic rings. The summed E-state index contributed by atoms with van der Waals surface area (Å²) in [5, 5.41) is 9.62. The number of aromatic nitrogens is 1. The van der Waals surface area contributed by atoms with Crippen molar-refractivity contribution in [2.75, 3.05) is 7.11 Å². The zero-order valence-corrected chi connectivity index (χ0v) is 17.2. The number of benzene rings is 2. The molecule has 3 rings (SSSR count). The van der Waals surface area contributed by atoms with Gasteiger partial charge in [0.1, 0.15) is 17.5 Å². The minimum absolute atomic E-state index is 0.0502. The highest BCUT2D eigenvalue weighted by Gasteiger charge is 2.31. The Morgan fingerprint density at radius 2 is 1.81 bits per heavy atom. The van der Waals surface area contributed by atoms with E-state index in [4.69, 9.17) is 4.74 Å². The van der Waals surface area contributed by atoms with Gasteiger partial charge in [-0.2, -0.15) is 4.99 Å². The van der Waals surface area contributed by atoms with Crippen LogP contribution in [0.4, 0.5) is 13.2 Å². The van der Waals surface area contributed by atoms with Crippen molar-refractivity contribution in [3.05, 3.63) is 52.8 Å². The van der Waals surface area contributed by atoms with Crippen LogP contribution in [0.1, 0.15) is 29.7 Å². The Hall–Kier alpha value is -3.34. The molecule has 0 spiro atoms. The van der Waals surface area contributed by atoms with Gasteiger partial charge in [0, 0.05) is 5.56 Å². The number of aliphatic carboxylic acids is 1. The van der Waals surface area contributed by atoms with Gasteiger partial charge in [-0.15, -0.1) is 13.2 Å². The molecule has 0 saturated carbocycles. The maximum absolute atomic E-state index is 12.6. The molecule has 0 aliphatic rings. The van der Waals surface area contributed by atoms with E-state index in [1.807, 2.05) is 0 Å². The lowest BCUT2D eigenvalue weighted by Crippen LogP contribution is -2.27. The number of rotatable bonds is 6. The summed E-state index contributed by atoms with van der Waals surface area (Å²) in [6, 6.07) is 8.64. The number of alkyl halides is 3. The largest absolute Gasteiger partial charge is 0.573 e. The molecule has 1 unspecified atom stereocenters. The first-order chi connectivity index (χ1) is 14.6. The molecule has 0 radical (unpaired) electrons. The second-order valence-electron chi connectivity index (χ2n) is 6.34. The third kappa shape index (κ3) is 5.05. The van der Waals surface area contributed by atoms with Crippen molar-refractivity contribution in [3.63, 3.8) is 0 Å². The Bertz CT molecular complexity index is 1180. The molecule has 0 saturated heterocycles. The topological polar surface area (TPSA) is 90.1 Å². The number of methoxy groups -OCH3 is 1. The van der Waals surface area contributed by atoms with Gasteiger partial charge in [-0.3, -0.25) is 4.79 Å². The maximum Gasteiger partial charge on any atom is 0.573 e. The van der Waals surface area contributed by atoms with E-state index in [0.717, 1.165) is 23.5 Å². The molecule has 164 valence electrons. The molecule has 1 N–H and O–H groups in total. The molecule has 7 nitrogen and oxygen atoms in total. The van der Waals surface area contributed by atoms with Gasteiger partial charge in [-0.1, -0.05) is 18.3 Å². The first kappa shape index (κ1) is 22.3. The maximum atomic E-state index is 12.6. The Morgan fingerprint density at radius 1 is 1.16 bits per heavy atom. The van der Waals surface area contributed by atoms with Crippen LogP contribution in [-0.4, -0.2) is 35.0 Å². The minimum Gasteiger partial charge on any atom is -0.497 e. The highest BCUT2D eigenvalue weighted by Crippen LogP contribution is 2.30. The van der Waals surface area contributed by atoms with E-state index >= 15 is 0 Å². The van der Waals surface area contributed by atoms with Crippen LogP contribution in [0.15, 0.2) is 47.5 Å². The van der Waals surface area contributed by atoms with Gasteiger partial charge >= 0.3 is 12.3 Å². The smallest absolute Gasteiger partial charge is 0.497 e. The van der Waals surface area contributed by atoms with Gasteiger partial charge in [0.25, 0.3) is 5.91 Å². The molecule has 1 amide bonds. The van der Waals surface area contributed by atoms with Crippen molar-refractivity contribution in [3.8, 4) is 11.5 Å². The zero-order valence-electron chi connectivity index (χ0n) is 16.3. The average molecular weight is 454 g/mol. The minimum atomic E-state index is -4.87. The van der Waals surface area contributed by atoms with Crippen molar-refractivity contribution in [1.82, 2.24) is 4.57 Å². The summed E-state index contributed by atoms with van der Waals surface area (Å²) in [7, 11) is 1.48. The van der Waals surface area contributed by atoms with Crippen molar-refractivity contribution in [1.29, 1.82) is 0 Å². The molecule has 0 fully saturated rings. The average Bonchev–Trinajstić information content (AvgIpc) is 3.04. The van der Waals surface area contributed by atoms with E-state index in [2.05, 4.69) is 9.73 Å². The standard InChI is InChI=1S/C20H17F3N2O5S/c1-3-14(18(27)28)25-15-9-8-13(30-20(21,22)23)10-16(15)31-19(25)24-17(26)11-4-6-12(29-2)7-5-11/h4-10,14H,3H2,1-2H3,(H,27,28). The monoisotopic (exact) mass is 454 g/mol. The van der Waals surface area contributed by atoms with E-state index < -0.39 is 30.0 Å². The van der Waals surface area contributed by atoms with Crippen molar-refractivity contribution >= 4 is 33.4 Å². The first-order valence-corrected chi connectivity index (χ1v) is 9.81. The summed E-state index contributed by atoms with van der Waals surface area (Å²) in [5.41, 5.74) is 0.573. The number of carboxylic acid groups (broad SMARTS) is 1. The molecule has 1 aromatic heterocycles. The number of thiazole rings is 1. The Morgan fingerprint density at radius 3 is 2.35 bits per heavy atom. The number of hydrogen-bond donors (Lipinski definition) is 1. The van der Waals surface area contributed by atoms with Crippen LogP contribution >= 0.6 is 11.3 Å². The third-order valence-electron chi connectivity index (χ3n) is 4.35. The number of carbonyl (C=O) groups excluding carboxylic acids is 1. The predicted octanol–water partition coefficient (Wildman–Crippen LogP) is 4.39. The van der Waals surface area contributed by atoms with Crippen LogP contribution in [-0.2, 0) is 4.79 Å². The lowest BCUT2D eigenvalue weighted by molar-refractivity contribution is -0.274. The normalized spacial score (nSPS) is 13.3. The van der Waals surface area contributed by atoms with Crippen LogP contribution in [0.25, 0.3) is 10.2 Å². The van der Waals surface area contributed by atoms with E-state index in [0.29, 0.717) is 16.0 Å². The molecule has 0 aliphatic heterocycles. The van der Waals surface area contributed by atoms with Gasteiger partial charge < -0.3 is 19.1 Å². The predicted molar refractivity (Wildman–Crippen MR) is 106 cm³/mol. The number of carbonyl (C=O) groups is 2. The van der Waals surface area contributed by atoms with Gasteiger partial charge in [0.2, 0.25) is 0 Å². The number of fused-ring (bicyclic) bond motifs is 1. The molecule has 0 aliphatic carbocycles. The van der Waals surface area contributed by atoms with E-state index in [-0.39, 0.29) is 16.8 Å². The quantitative estimate of drug-likeness (QED) is 0.597. The lowest BCUT2D eigenvalue weighted by atomic mass is 10.2. The fourth-order valence-electron chi connectivity index (χ4n) is 2.95. The first-order valence-electron chi connectivity index (χ1n) is 8.99. The third-order valence-corrected chi connectivity index (χ3v) is 5.37. The zero-order chi connectivity index (χ0) is 22.8. The van der Waals surface area contributed by atoms with E-state index in [1.165, 1.54) is 29.9 Å². The molecule has 31 heavy (non-hydrogen) atoms. The summed E-state index contributed by atoms with van der Waals surface area (Å²) in [5.74, 6) is -1.70.